The number of aliphatic hydroxyl groups is 1. The highest BCUT2D eigenvalue weighted by atomic mass is 16.5. The molecule has 2 rings (SSSR count). The van der Waals surface area contributed by atoms with Crippen LogP contribution in [0.5, 0.6) is 0 Å². The summed E-state index contributed by atoms with van der Waals surface area (Å²) < 4.78 is 6.60. The SMILES string of the molecule is COC(=O)C(O)c1cc2c(C)cccc2n1C(C)C. The molecule has 0 saturated heterocycles. The summed E-state index contributed by atoms with van der Waals surface area (Å²) in [5.41, 5.74) is 2.72. The van der Waals surface area contributed by atoms with E-state index in [1.165, 1.54) is 7.11 Å². The molecular weight excluding hydrogens is 242 g/mol. The first-order valence-electron chi connectivity index (χ1n) is 6.33. The van der Waals surface area contributed by atoms with Gasteiger partial charge in [-0.1, -0.05) is 12.1 Å². The minimum Gasteiger partial charge on any atom is -0.467 e. The smallest absolute Gasteiger partial charge is 0.340 e. The molecular formula is C15H19NO3. The van der Waals surface area contributed by atoms with Crippen molar-refractivity contribution in [2.75, 3.05) is 7.11 Å². The first-order valence-corrected chi connectivity index (χ1v) is 6.33. The van der Waals surface area contributed by atoms with E-state index in [1.54, 1.807) is 0 Å². The van der Waals surface area contributed by atoms with Crippen LogP contribution in [0, 0.1) is 6.92 Å². The van der Waals surface area contributed by atoms with E-state index in [-0.39, 0.29) is 6.04 Å². The Kier molecular flexibility index (Phi) is 3.62. The zero-order valence-electron chi connectivity index (χ0n) is 11.7. The van der Waals surface area contributed by atoms with Gasteiger partial charge in [-0.2, -0.15) is 0 Å². The van der Waals surface area contributed by atoms with Gasteiger partial charge in [0, 0.05) is 16.9 Å². The number of carbonyl (C=O) groups excluding carboxylic acids is 1. The molecule has 1 unspecified atom stereocenters. The molecule has 0 fully saturated rings. The van der Waals surface area contributed by atoms with E-state index in [9.17, 15) is 9.90 Å². The van der Waals surface area contributed by atoms with Gasteiger partial charge in [0.05, 0.1) is 12.8 Å². The van der Waals surface area contributed by atoms with Crippen LogP contribution in [0.25, 0.3) is 10.9 Å². The fraction of sp³-hybridized carbons (Fsp3) is 0.400. The number of nitrogens with zero attached hydrogens (tertiary/aromatic N) is 1. The molecule has 2 aromatic rings. The molecule has 0 aliphatic carbocycles. The number of aliphatic hydroxyl groups excluding tert-OH is 1. The van der Waals surface area contributed by atoms with Crippen molar-refractivity contribution in [3.05, 3.63) is 35.5 Å². The Morgan fingerprint density at radius 1 is 1.37 bits per heavy atom. The molecule has 1 aromatic carbocycles. The molecule has 0 radical (unpaired) electrons. The number of ether oxygens (including phenoxy) is 1. The van der Waals surface area contributed by atoms with Gasteiger partial charge in [-0.25, -0.2) is 4.79 Å². The predicted octanol–water partition coefficient (Wildman–Crippen LogP) is 2.74. The molecule has 0 amide bonds. The lowest BCUT2D eigenvalue weighted by atomic mass is 10.1. The molecule has 1 atom stereocenters. The van der Waals surface area contributed by atoms with Crippen LogP contribution >= 0.6 is 0 Å². The normalized spacial score (nSPS) is 12.9. The van der Waals surface area contributed by atoms with Crippen molar-refractivity contribution in [3.63, 3.8) is 0 Å². The van der Waals surface area contributed by atoms with Crippen molar-refractivity contribution < 1.29 is 14.6 Å². The molecule has 1 heterocycles. The highest BCUT2D eigenvalue weighted by molar-refractivity contribution is 5.87. The summed E-state index contributed by atoms with van der Waals surface area (Å²) in [5.74, 6) is -0.637. The van der Waals surface area contributed by atoms with Gasteiger partial charge in [0.1, 0.15) is 0 Å². The maximum atomic E-state index is 11.6. The number of benzene rings is 1. The second kappa shape index (κ2) is 5.05. The van der Waals surface area contributed by atoms with Crippen molar-refractivity contribution in [2.45, 2.75) is 32.9 Å². The predicted molar refractivity (Wildman–Crippen MR) is 74.0 cm³/mol. The zero-order chi connectivity index (χ0) is 14.2. The maximum absolute atomic E-state index is 11.6. The minimum absolute atomic E-state index is 0.147. The molecule has 0 spiro atoms. The fourth-order valence-corrected chi connectivity index (χ4v) is 2.44. The number of aryl methyl sites for hydroxylation is 1. The average molecular weight is 261 g/mol. The summed E-state index contributed by atoms with van der Waals surface area (Å²) in [6.07, 6.45) is -1.25. The van der Waals surface area contributed by atoms with Gasteiger partial charge in [0.15, 0.2) is 6.10 Å². The van der Waals surface area contributed by atoms with Crippen LogP contribution in [-0.4, -0.2) is 22.8 Å². The molecule has 4 heteroatoms. The highest BCUT2D eigenvalue weighted by Gasteiger charge is 2.24. The lowest BCUT2D eigenvalue weighted by Gasteiger charge is -2.17. The van der Waals surface area contributed by atoms with E-state index in [1.807, 2.05) is 49.6 Å². The van der Waals surface area contributed by atoms with E-state index < -0.39 is 12.1 Å². The van der Waals surface area contributed by atoms with E-state index in [2.05, 4.69) is 4.74 Å². The summed E-state index contributed by atoms with van der Waals surface area (Å²) in [6, 6.07) is 8.00. The van der Waals surface area contributed by atoms with Gasteiger partial charge in [0.2, 0.25) is 0 Å². The third-order valence-corrected chi connectivity index (χ3v) is 3.35. The van der Waals surface area contributed by atoms with E-state index in [4.69, 9.17) is 0 Å². The highest BCUT2D eigenvalue weighted by Crippen LogP contribution is 2.30. The van der Waals surface area contributed by atoms with Crippen LogP contribution in [0.15, 0.2) is 24.3 Å². The fourth-order valence-electron chi connectivity index (χ4n) is 2.44. The molecule has 0 aliphatic heterocycles. The Morgan fingerprint density at radius 3 is 2.63 bits per heavy atom. The number of hydrogen-bond acceptors (Lipinski definition) is 3. The number of hydrogen-bond donors (Lipinski definition) is 1. The molecule has 0 bridgehead atoms. The maximum Gasteiger partial charge on any atom is 0.340 e. The van der Waals surface area contributed by atoms with Crippen LogP contribution in [0.2, 0.25) is 0 Å². The van der Waals surface area contributed by atoms with Crippen molar-refractivity contribution in [3.8, 4) is 0 Å². The molecule has 102 valence electrons. The van der Waals surface area contributed by atoms with Crippen LogP contribution in [0.1, 0.15) is 37.3 Å². The van der Waals surface area contributed by atoms with E-state index in [0.717, 1.165) is 16.5 Å². The van der Waals surface area contributed by atoms with Gasteiger partial charge in [-0.05, 0) is 38.5 Å². The number of aromatic nitrogens is 1. The van der Waals surface area contributed by atoms with Gasteiger partial charge in [-0.15, -0.1) is 0 Å². The van der Waals surface area contributed by atoms with E-state index >= 15 is 0 Å². The molecule has 1 aromatic heterocycles. The summed E-state index contributed by atoms with van der Waals surface area (Å²) in [4.78, 5) is 11.6. The molecule has 4 nitrogen and oxygen atoms in total. The number of esters is 1. The average Bonchev–Trinajstić information content (AvgIpc) is 2.77. The van der Waals surface area contributed by atoms with Gasteiger partial charge >= 0.3 is 5.97 Å². The summed E-state index contributed by atoms with van der Waals surface area (Å²) >= 11 is 0. The standard InChI is InChI=1S/C15H19NO3/c1-9(2)16-12-7-5-6-10(3)11(12)8-13(16)14(17)15(18)19-4/h5-9,14,17H,1-4H3. The summed E-state index contributed by atoms with van der Waals surface area (Å²) in [7, 11) is 1.28. The van der Waals surface area contributed by atoms with Crippen LogP contribution in [0.4, 0.5) is 0 Å². The number of rotatable bonds is 3. The third-order valence-electron chi connectivity index (χ3n) is 3.35. The lowest BCUT2D eigenvalue weighted by Crippen LogP contribution is -2.18. The minimum atomic E-state index is -1.25. The molecule has 19 heavy (non-hydrogen) atoms. The van der Waals surface area contributed by atoms with Gasteiger partial charge in [-0.3, -0.25) is 0 Å². The second-order valence-electron chi connectivity index (χ2n) is 4.97. The first kappa shape index (κ1) is 13.6. The van der Waals surface area contributed by atoms with Crippen LogP contribution < -0.4 is 0 Å². The van der Waals surface area contributed by atoms with Crippen LogP contribution in [0.3, 0.4) is 0 Å². The Hall–Kier alpha value is -1.81. The quantitative estimate of drug-likeness (QED) is 0.864. The Morgan fingerprint density at radius 2 is 2.05 bits per heavy atom. The summed E-state index contributed by atoms with van der Waals surface area (Å²) in [5, 5.41) is 11.2. The van der Waals surface area contributed by atoms with Crippen molar-refractivity contribution in [1.82, 2.24) is 4.57 Å². The number of carbonyl (C=O) groups is 1. The van der Waals surface area contributed by atoms with Crippen molar-refractivity contribution >= 4 is 16.9 Å². The van der Waals surface area contributed by atoms with Crippen molar-refractivity contribution in [2.24, 2.45) is 0 Å². The van der Waals surface area contributed by atoms with Gasteiger partial charge in [0.25, 0.3) is 0 Å². The molecule has 0 aliphatic rings. The Bertz CT molecular complexity index is 613. The first-order chi connectivity index (χ1) is 8.97. The monoisotopic (exact) mass is 261 g/mol. The Balaban J connectivity index is 2.70. The van der Waals surface area contributed by atoms with Crippen molar-refractivity contribution in [1.29, 1.82) is 0 Å². The Labute approximate surface area is 112 Å². The van der Waals surface area contributed by atoms with Crippen LogP contribution in [-0.2, 0) is 9.53 Å². The van der Waals surface area contributed by atoms with E-state index in [0.29, 0.717) is 5.69 Å². The molecule has 0 saturated carbocycles. The second-order valence-corrected chi connectivity index (χ2v) is 4.97. The summed E-state index contributed by atoms with van der Waals surface area (Å²) in [6.45, 7) is 6.06. The van der Waals surface area contributed by atoms with Gasteiger partial charge < -0.3 is 14.4 Å². The topological polar surface area (TPSA) is 51.5 Å². The number of fused-ring (bicyclic) bond motifs is 1. The number of methoxy groups -OCH3 is 1. The zero-order valence-corrected chi connectivity index (χ0v) is 11.7. The third kappa shape index (κ3) is 2.24. The molecule has 1 N–H and O–H groups in total. The largest absolute Gasteiger partial charge is 0.467 e. The lowest BCUT2D eigenvalue weighted by molar-refractivity contribution is -0.151.